The molecule has 0 bridgehead atoms. The molecule has 4 aromatic carbocycles. The first-order valence-corrected chi connectivity index (χ1v) is 32.6. The van der Waals surface area contributed by atoms with E-state index in [0.717, 1.165) is 33.8 Å². The van der Waals surface area contributed by atoms with E-state index in [1.165, 1.54) is 0 Å². The lowest BCUT2D eigenvalue weighted by Crippen LogP contribution is -2.33. The number of hydrogen-bond donors (Lipinski definition) is 2. The summed E-state index contributed by atoms with van der Waals surface area (Å²) in [5, 5.41) is 0. The molecule has 4 rings (SSSR count). The fourth-order valence-electron chi connectivity index (χ4n) is 7.95. The van der Waals surface area contributed by atoms with Gasteiger partial charge in [-0.05, 0) is 53.1 Å². The lowest BCUT2D eigenvalue weighted by Gasteiger charge is -2.25. The van der Waals surface area contributed by atoms with E-state index >= 15 is 0 Å². The van der Waals surface area contributed by atoms with Crippen LogP contribution >= 0.6 is 0 Å². The summed E-state index contributed by atoms with van der Waals surface area (Å²) >= 11 is 0. The van der Waals surface area contributed by atoms with Gasteiger partial charge in [0.25, 0.3) is 5.91 Å². The molecule has 0 aromatic heterocycles. The highest BCUT2D eigenvalue weighted by Gasteiger charge is 2.12. The Bertz CT molecular complexity index is 2250. The highest BCUT2D eigenvalue weighted by molar-refractivity contribution is 5.78. The van der Waals surface area contributed by atoms with Gasteiger partial charge in [-0.1, -0.05) is 84.9 Å². The predicted molar refractivity (Wildman–Crippen MR) is 355 cm³/mol. The second kappa shape index (κ2) is 62.8. The Morgan fingerprint density at radius 1 is 0.266 bits per heavy atom. The van der Waals surface area contributed by atoms with Crippen LogP contribution in [0.25, 0.3) is 12.2 Å². The number of carbonyl (C=O) groups excluding carboxylic acids is 1. The lowest BCUT2D eigenvalue weighted by atomic mass is 10.1. The van der Waals surface area contributed by atoms with Gasteiger partial charge in [0.15, 0.2) is 0 Å². The Kier molecular flexibility index (Phi) is 54.4. The Labute approximate surface area is 557 Å². The number of nitrogens with one attached hydrogen (secondary N) is 1. The summed E-state index contributed by atoms with van der Waals surface area (Å²) < 4.78 is 116. The first-order valence-electron chi connectivity index (χ1n) is 32.6. The molecule has 0 aliphatic heterocycles. The van der Waals surface area contributed by atoms with Crippen LogP contribution in [0.15, 0.2) is 109 Å². The first-order chi connectivity index (χ1) is 46.7. The Hall–Kier alpha value is -4.99. The molecule has 0 heterocycles. The summed E-state index contributed by atoms with van der Waals surface area (Å²) in [5.41, 5.74) is 8.69. The van der Waals surface area contributed by atoms with E-state index in [-0.39, 0.29) is 12.5 Å². The van der Waals surface area contributed by atoms with Crippen molar-refractivity contribution in [1.29, 1.82) is 0 Å². The smallest absolute Gasteiger partial charge is 0.259 e. The van der Waals surface area contributed by atoms with E-state index < -0.39 is 0 Å². The van der Waals surface area contributed by atoms with Gasteiger partial charge in [-0.15, -0.1) is 0 Å². The normalized spacial score (nSPS) is 11.6. The number of amides is 1. The Morgan fingerprint density at radius 2 is 0.468 bits per heavy atom. The molecule has 0 aliphatic carbocycles. The monoisotopic (exact) mass is 1330 g/mol. The SMILES string of the molecule is NNC(=O)COCCOCCOCCOCCOCCOCCOCCOCCOCCOCCOCCOCCOCCOCCOCCOCCOCCOCCOCCOCCOCc1ccc(/C=C/c2ccc(N(c3ccccc3)c3ccccc3)cc2)cc1. The zero-order valence-electron chi connectivity index (χ0n) is 55.3. The zero-order valence-corrected chi connectivity index (χ0v) is 55.3. The molecule has 25 heteroatoms. The molecular formula is C69H107N3O22. The number of rotatable bonds is 69. The van der Waals surface area contributed by atoms with Crippen LogP contribution in [0.1, 0.15) is 16.7 Å². The average Bonchev–Trinajstić information content (AvgIpc) is 0.876. The minimum absolute atomic E-state index is 0.0927. The van der Waals surface area contributed by atoms with Gasteiger partial charge in [-0.3, -0.25) is 10.2 Å². The van der Waals surface area contributed by atoms with Crippen LogP contribution in [0.4, 0.5) is 17.1 Å². The number of para-hydroxylation sites is 2. The van der Waals surface area contributed by atoms with Crippen LogP contribution in [-0.2, 0) is 111 Å². The van der Waals surface area contributed by atoms with Crippen molar-refractivity contribution in [2.75, 3.05) is 276 Å². The van der Waals surface area contributed by atoms with Gasteiger partial charge >= 0.3 is 0 Å². The molecule has 25 nitrogen and oxygen atoms in total. The second-order valence-electron chi connectivity index (χ2n) is 20.0. The first kappa shape index (κ1) is 81.4. The molecule has 94 heavy (non-hydrogen) atoms. The van der Waals surface area contributed by atoms with Gasteiger partial charge < -0.3 is 104 Å². The molecule has 1 amide bonds. The van der Waals surface area contributed by atoms with Crippen LogP contribution < -0.4 is 16.2 Å². The Morgan fingerprint density at radius 3 is 0.702 bits per heavy atom. The van der Waals surface area contributed by atoms with E-state index in [9.17, 15) is 4.79 Å². The molecule has 0 radical (unpaired) electrons. The fraction of sp³-hybridized carbons (Fsp3) is 0.609. The molecular weight excluding hydrogens is 1220 g/mol. The molecule has 0 saturated heterocycles. The van der Waals surface area contributed by atoms with Gasteiger partial charge in [0, 0.05) is 17.1 Å². The minimum atomic E-state index is -0.386. The number of ether oxygens (including phenoxy) is 21. The summed E-state index contributed by atoms with van der Waals surface area (Å²) in [6.45, 7) is 19.3. The number of benzene rings is 4. The average molecular weight is 1330 g/mol. The van der Waals surface area contributed by atoms with E-state index in [4.69, 9.17) is 105 Å². The standard InChI is InChI=1S/C69H107N3O22/c70-71-69(73)62-94-60-58-92-56-54-90-52-50-88-48-46-86-44-42-84-40-38-82-36-34-80-32-30-78-28-26-76-24-22-74-21-23-75-25-27-77-29-31-79-33-35-81-37-39-83-41-43-85-45-47-87-49-51-89-53-55-91-57-59-93-61-65-15-13-63(14-16-65)11-12-64-17-19-68(20-18-64)72(66-7-3-1-4-8-66)67-9-5-2-6-10-67/h1-20H,21-62,70H2,(H,71,73)/b12-11+. The largest absolute Gasteiger partial charge is 0.377 e. The molecule has 0 unspecified atom stereocenters. The Balaban J connectivity index is 0.740. The zero-order chi connectivity index (χ0) is 66.0. The number of anilines is 3. The molecule has 0 spiro atoms. The molecule has 0 atom stereocenters. The number of nitrogens with two attached hydrogens (primary N) is 1. The highest BCUT2D eigenvalue weighted by atomic mass is 16.6. The maximum Gasteiger partial charge on any atom is 0.259 e. The van der Waals surface area contributed by atoms with Gasteiger partial charge in [-0.25, -0.2) is 5.84 Å². The second-order valence-corrected chi connectivity index (χ2v) is 20.0. The number of nitrogens with zero attached hydrogens (tertiary/aromatic N) is 1. The van der Waals surface area contributed by atoms with E-state index in [2.05, 4.69) is 114 Å². The number of hydrazine groups is 1. The van der Waals surface area contributed by atoms with Crippen LogP contribution in [0.3, 0.4) is 0 Å². The molecule has 0 saturated carbocycles. The third-order valence-electron chi connectivity index (χ3n) is 12.7. The highest BCUT2D eigenvalue weighted by Crippen LogP contribution is 2.34. The van der Waals surface area contributed by atoms with Crippen LogP contribution in [0, 0.1) is 0 Å². The molecule has 0 fully saturated rings. The van der Waals surface area contributed by atoms with Crippen LogP contribution in [0.2, 0.25) is 0 Å². The summed E-state index contributed by atoms with van der Waals surface area (Å²) in [5.74, 6) is 4.57. The van der Waals surface area contributed by atoms with E-state index in [1.807, 2.05) is 17.6 Å². The molecule has 530 valence electrons. The van der Waals surface area contributed by atoms with Gasteiger partial charge in [0.05, 0.1) is 271 Å². The van der Waals surface area contributed by atoms with E-state index in [1.54, 1.807) is 0 Å². The minimum Gasteiger partial charge on any atom is -0.377 e. The van der Waals surface area contributed by atoms with E-state index in [0.29, 0.717) is 271 Å². The summed E-state index contributed by atoms with van der Waals surface area (Å²) in [6, 6.07) is 37.8. The predicted octanol–water partition coefficient (Wildman–Crippen LogP) is 6.17. The van der Waals surface area contributed by atoms with Gasteiger partial charge in [-0.2, -0.15) is 0 Å². The van der Waals surface area contributed by atoms with Crippen LogP contribution in [0.5, 0.6) is 0 Å². The van der Waals surface area contributed by atoms with Crippen molar-refractivity contribution in [2.45, 2.75) is 6.61 Å². The van der Waals surface area contributed by atoms with Crippen molar-refractivity contribution in [2.24, 2.45) is 5.84 Å². The maximum atomic E-state index is 10.9. The van der Waals surface area contributed by atoms with Crippen LogP contribution in [-0.4, -0.2) is 277 Å². The van der Waals surface area contributed by atoms with Gasteiger partial charge in [0.1, 0.15) is 6.61 Å². The maximum absolute atomic E-state index is 10.9. The molecule has 0 aliphatic rings. The van der Waals surface area contributed by atoms with Crippen molar-refractivity contribution in [3.63, 3.8) is 0 Å². The summed E-state index contributed by atoms with van der Waals surface area (Å²) in [7, 11) is 0. The topological polar surface area (TPSA) is 252 Å². The fourth-order valence-corrected chi connectivity index (χ4v) is 7.95. The van der Waals surface area contributed by atoms with Crippen molar-refractivity contribution in [3.8, 4) is 0 Å². The summed E-state index contributed by atoms with van der Waals surface area (Å²) in [6.07, 6.45) is 4.26. The third-order valence-corrected chi connectivity index (χ3v) is 12.7. The molecule has 4 aromatic rings. The van der Waals surface area contributed by atoms with Crippen molar-refractivity contribution in [3.05, 3.63) is 126 Å². The quantitative estimate of drug-likeness (QED) is 0.0165. The third kappa shape index (κ3) is 47.8. The van der Waals surface area contributed by atoms with Crippen molar-refractivity contribution < 1.29 is 104 Å². The number of carbonyl (C=O) groups is 1. The molecule has 3 N–H and O–H groups in total. The van der Waals surface area contributed by atoms with Crippen molar-refractivity contribution in [1.82, 2.24) is 5.43 Å². The van der Waals surface area contributed by atoms with Gasteiger partial charge in [0.2, 0.25) is 0 Å². The number of hydrogen-bond acceptors (Lipinski definition) is 24. The lowest BCUT2D eigenvalue weighted by molar-refractivity contribution is -0.126. The summed E-state index contributed by atoms with van der Waals surface area (Å²) in [4.78, 5) is 13.2. The van der Waals surface area contributed by atoms with Crippen molar-refractivity contribution >= 4 is 35.1 Å².